The number of nitrogens with zero attached hydrogens (tertiary/aromatic N) is 1. The third kappa shape index (κ3) is 3.22. The van der Waals surface area contributed by atoms with E-state index in [4.69, 9.17) is 4.74 Å². The summed E-state index contributed by atoms with van der Waals surface area (Å²) in [7, 11) is 0. The van der Waals surface area contributed by atoms with Crippen LogP contribution in [0.4, 0.5) is 0 Å². The number of alkyl halides is 1. The Hall–Kier alpha value is 0.420. The van der Waals surface area contributed by atoms with E-state index < -0.39 is 0 Å². The van der Waals surface area contributed by atoms with Gasteiger partial charge in [0.2, 0.25) is 0 Å². The second-order valence-corrected chi connectivity index (χ2v) is 6.93. The Morgan fingerprint density at radius 3 is 2.88 bits per heavy atom. The van der Waals surface area contributed by atoms with E-state index in [9.17, 15) is 0 Å². The molecule has 0 saturated carbocycles. The van der Waals surface area contributed by atoms with Crippen LogP contribution in [0, 0.1) is 12.3 Å². The summed E-state index contributed by atoms with van der Waals surface area (Å²) in [6.45, 7) is 3.86. The van der Waals surface area contributed by atoms with Crippen LogP contribution >= 0.6 is 39.0 Å². The Balaban J connectivity index is 1.91. The van der Waals surface area contributed by atoms with Gasteiger partial charge in [0.1, 0.15) is 4.34 Å². The second kappa shape index (κ2) is 5.85. The molecule has 0 amide bonds. The van der Waals surface area contributed by atoms with Gasteiger partial charge in [0.15, 0.2) is 0 Å². The zero-order chi connectivity index (χ0) is 11.4. The minimum atomic E-state index is 0.405. The van der Waals surface area contributed by atoms with E-state index in [1.807, 2.05) is 11.8 Å². The smallest absolute Gasteiger partial charge is 0.150 e. The maximum absolute atomic E-state index is 5.44. The third-order valence-electron chi connectivity index (χ3n) is 2.94. The molecule has 0 aliphatic carbocycles. The first-order valence-corrected chi connectivity index (χ1v) is 8.41. The third-order valence-corrected chi connectivity index (χ3v) is 6.62. The molecule has 2 rings (SSSR count). The van der Waals surface area contributed by atoms with Crippen LogP contribution < -0.4 is 0 Å². The zero-order valence-corrected chi connectivity index (χ0v) is 12.6. The summed E-state index contributed by atoms with van der Waals surface area (Å²) in [5, 5.41) is 3.19. The topological polar surface area (TPSA) is 22.1 Å². The van der Waals surface area contributed by atoms with Crippen molar-refractivity contribution in [1.29, 1.82) is 0 Å². The standard InChI is InChI=1S/C11H16BrNOS2/c1-9-6-15-10(13-9)16-8-11(7-12)2-4-14-5-3-11/h6H,2-5,7-8H2,1H3. The molecular weight excluding hydrogens is 306 g/mol. The minimum absolute atomic E-state index is 0.405. The highest BCUT2D eigenvalue weighted by Gasteiger charge is 2.31. The van der Waals surface area contributed by atoms with Crippen molar-refractivity contribution in [2.24, 2.45) is 5.41 Å². The quantitative estimate of drug-likeness (QED) is 0.623. The van der Waals surface area contributed by atoms with E-state index in [1.165, 1.54) is 4.34 Å². The van der Waals surface area contributed by atoms with Crippen LogP contribution in [0.15, 0.2) is 9.72 Å². The number of aromatic nitrogens is 1. The average Bonchev–Trinajstić information content (AvgIpc) is 2.74. The van der Waals surface area contributed by atoms with Crippen molar-refractivity contribution in [3.8, 4) is 0 Å². The van der Waals surface area contributed by atoms with E-state index in [2.05, 4.69) is 33.2 Å². The van der Waals surface area contributed by atoms with Gasteiger partial charge in [-0.3, -0.25) is 0 Å². The molecule has 1 saturated heterocycles. The molecule has 2 nitrogen and oxygen atoms in total. The van der Waals surface area contributed by atoms with Gasteiger partial charge in [0.25, 0.3) is 0 Å². The van der Waals surface area contributed by atoms with Gasteiger partial charge in [0, 0.05) is 35.4 Å². The molecule has 0 N–H and O–H groups in total. The fourth-order valence-electron chi connectivity index (χ4n) is 1.73. The summed E-state index contributed by atoms with van der Waals surface area (Å²) in [5.41, 5.74) is 1.54. The Labute approximate surface area is 113 Å². The molecule has 0 bridgehead atoms. The number of thiazole rings is 1. The summed E-state index contributed by atoms with van der Waals surface area (Å²) in [4.78, 5) is 4.50. The van der Waals surface area contributed by atoms with Crippen LogP contribution in [0.3, 0.4) is 0 Å². The summed E-state index contributed by atoms with van der Waals surface area (Å²) in [6, 6.07) is 0. The molecule has 2 heterocycles. The molecule has 1 fully saturated rings. The van der Waals surface area contributed by atoms with Crippen LogP contribution in [0.5, 0.6) is 0 Å². The average molecular weight is 322 g/mol. The zero-order valence-electron chi connectivity index (χ0n) is 9.37. The number of hydrogen-bond acceptors (Lipinski definition) is 4. The number of ether oxygens (including phenoxy) is 1. The molecule has 0 radical (unpaired) electrons. The van der Waals surface area contributed by atoms with Gasteiger partial charge in [-0.2, -0.15) is 0 Å². The maximum Gasteiger partial charge on any atom is 0.150 e. The predicted octanol–water partition coefficient (Wildman–Crippen LogP) is 3.74. The van der Waals surface area contributed by atoms with Crippen LogP contribution in [0.2, 0.25) is 0 Å². The van der Waals surface area contributed by atoms with E-state index in [0.29, 0.717) is 5.41 Å². The SMILES string of the molecule is Cc1csc(SCC2(CBr)CCOCC2)n1. The van der Waals surface area contributed by atoms with Crippen molar-refractivity contribution in [3.05, 3.63) is 11.1 Å². The van der Waals surface area contributed by atoms with Gasteiger partial charge in [-0.05, 0) is 25.2 Å². The van der Waals surface area contributed by atoms with Crippen LogP contribution in [0.25, 0.3) is 0 Å². The lowest BCUT2D eigenvalue weighted by molar-refractivity contribution is 0.0374. The summed E-state index contributed by atoms with van der Waals surface area (Å²) >= 11 is 7.31. The predicted molar refractivity (Wildman–Crippen MR) is 73.9 cm³/mol. The molecule has 1 aliphatic rings. The number of thioether (sulfide) groups is 1. The number of aryl methyl sites for hydroxylation is 1. The first-order chi connectivity index (χ1) is 7.74. The Morgan fingerprint density at radius 2 is 2.31 bits per heavy atom. The second-order valence-electron chi connectivity index (χ2n) is 4.29. The minimum Gasteiger partial charge on any atom is -0.381 e. The van der Waals surface area contributed by atoms with Gasteiger partial charge in [-0.1, -0.05) is 27.7 Å². The van der Waals surface area contributed by atoms with Gasteiger partial charge >= 0.3 is 0 Å². The molecular formula is C11H16BrNOS2. The van der Waals surface area contributed by atoms with Crippen molar-refractivity contribution in [2.45, 2.75) is 24.1 Å². The van der Waals surface area contributed by atoms with E-state index in [-0.39, 0.29) is 0 Å². The number of rotatable bonds is 4. The summed E-state index contributed by atoms with van der Waals surface area (Å²) < 4.78 is 6.64. The Kier molecular flexibility index (Phi) is 4.70. The van der Waals surface area contributed by atoms with E-state index in [0.717, 1.165) is 42.8 Å². The van der Waals surface area contributed by atoms with Crippen LogP contribution in [0.1, 0.15) is 18.5 Å². The van der Waals surface area contributed by atoms with Crippen molar-refractivity contribution < 1.29 is 4.74 Å². The number of halogens is 1. The van der Waals surface area contributed by atoms with Gasteiger partial charge in [0.05, 0.1) is 0 Å². The Morgan fingerprint density at radius 1 is 1.56 bits per heavy atom. The molecule has 0 aromatic carbocycles. The van der Waals surface area contributed by atoms with Crippen LogP contribution in [-0.4, -0.2) is 29.3 Å². The molecule has 16 heavy (non-hydrogen) atoms. The molecule has 0 atom stereocenters. The molecule has 1 aromatic rings. The lowest BCUT2D eigenvalue weighted by Crippen LogP contribution is -2.33. The lowest BCUT2D eigenvalue weighted by Gasteiger charge is -2.35. The highest BCUT2D eigenvalue weighted by Crippen LogP contribution is 2.38. The molecule has 1 aliphatic heterocycles. The molecule has 5 heteroatoms. The Bertz CT molecular complexity index is 336. The van der Waals surface area contributed by atoms with E-state index in [1.54, 1.807) is 11.3 Å². The first kappa shape index (κ1) is 12.9. The number of hydrogen-bond donors (Lipinski definition) is 0. The van der Waals surface area contributed by atoms with Crippen LogP contribution in [-0.2, 0) is 4.74 Å². The first-order valence-electron chi connectivity index (χ1n) is 5.43. The molecule has 1 aromatic heterocycles. The highest BCUT2D eigenvalue weighted by molar-refractivity contribution is 9.09. The molecule has 0 spiro atoms. The monoisotopic (exact) mass is 321 g/mol. The van der Waals surface area contributed by atoms with E-state index >= 15 is 0 Å². The van der Waals surface area contributed by atoms with Gasteiger partial charge in [-0.15, -0.1) is 11.3 Å². The molecule has 0 unspecified atom stereocenters. The lowest BCUT2D eigenvalue weighted by atomic mass is 9.85. The van der Waals surface area contributed by atoms with Crippen molar-refractivity contribution in [1.82, 2.24) is 4.98 Å². The largest absolute Gasteiger partial charge is 0.381 e. The van der Waals surface area contributed by atoms with Gasteiger partial charge < -0.3 is 4.74 Å². The maximum atomic E-state index is 5.44. The molecule has 90 valence electrons. The summed E-state index contributed by atoms with van der Waals surface area (Å²) in [6.07, 6.45) is 2.32. The highest BCUT2D eigenvalue weighted by atomic mass is 79.9. The van der Waals surface area contributed by atoms with Gasteiger partial charge in [-0.25, -0.2) is 4.98 Å². The van der Waals surface area contributed by atoms with Crippen molar-refractivity contribution in [2.75, 3.05) is 24.3 Å². The van der Waals surface area contributed by atoms with Crippen molar-refractivity contribution in [3.63, 3.8) is 0 Å². The summed E-state index contributed by atoms with van der Waals surface area (Å²) in [5.74, 6) is 1.15. The van der Waals surface area contributed by atoms with Crippen molar-refractivity contribution >= 4 is 39.0 Å². The fraction of sp³-hybridized carbons (Fsp3) is 0.727. The normalized spacial score (nSPS) is 19.9. The fourth-order valence-corrected chi connectivity index (χ4v) is 4.90.